The molecule has 0 saturated heterocycles. The van der Waals surface area contributed by atoms with Crippen LogP contribution in [0.2, 0.25) is 0 Å². The number of carbonyl (C=O) groups is 1. The number of aliphatic carboxylic acids is 1. The molecular weight excluding hydrogens is 268 g/mol. The van der Waals surface area contributed by atoms with Gasteiger partial charge in [0.05, 0.1) is 16.6 Å². The third-order valence-electron chi connectivity index (χ3n) is 3.73. The van der Waals surface area contributed by atoms with Crippen LogP contribution in [0.15, 0.2) is 28.7 Å². The van der Waals surface area contributed by atoms with Crippen LogP contribution >= 0.6 is 0 Å². The van der Waals surface area contributed by atoms with Crippen LogP contribution in [0, 0.1) is 20.8 Å². The molecule has 1 N–H and O–H groups in total. The molecule has 0 aliphatic heterocycles. The van der Waals surface area contributed by atoms with E-state index in [4.69, 9.17) is 4.42 Å². The van der Waals surface area contributed by atoms with Gasteiger partial charge >= 0.3 is 5.97 Å². The Morgan fingerprint density at radius 1 is 1.24 bits per heavy atom. The molecule has 0 unspecified atom stereocenters. The lowest BCUT2D eigenvalue weighted by Crippen LogP contribution is -2.10. The van der Waals surface area contributed by atoms with E-state index in [0.29, 0.717) is 5.82 Å². The Labute approximate surface area is 121 Å². The average molecular weight is 284 g/mol. The minimum absolute atomic E-state index is 0.126. The van der Waals surface area contributed by atoms with Gasteiger partial charge in [-0.2, -0.15) is 0 Å². The molecule has 0 aliphatic rings. The maximum absolute atomic E-state index is 11.2. The van der Waals surface area contributed by atoms with Crippen molar-refractivity contribution in [2.24, 2.45) is 0 Å². The number of carboxylic acids is 1. The molecule has 0 atom stereocenters. The van der Waals surface area contributed by atoms with E-state index >= 15 is 0 Å². The first-order valence-corrected chi connectivity index (χ1v) is 6.73. The molecule has 5 heteroatoms. The van der Waals surface area contributed by atoms with Crippen LogP contribution in [-0.4, -0.2) is 20.6 Å². The van der Waals surface area contributed by atoms with E-state index < -0.39 is 5.97 Å². The number of fused-ring (bicyclic) bond motifs is 1. The van der Waals surface area contributed by atoms with E-state index in [1.165, 1.54) is 0 Å². The van der Waals surface area contributed by atoms with E-state index in [2.05, 4.69) is 4.98 Å². The summed E-state index contributed by atoms with van der Waals surface area (Å²) in [7, 11) is 0. The average Bonchev–Trinajstić information content (AvgIpc) is 2.88. The number of benzene rings is 1. The SMILES string of the molecule is Cc1oc(C)c(-c2nc3ccccc3n2CC(=O)O)c1C. The molecule has 0 radical (unpaired) electrons. The number of para-hydroxylation sites is 2. The Bertz CT molecular complexity index is 843. The molecule has 0 aliphatic carbocycles. The molecule has 108 valence electrons. The fraction of sp³-hybridized carbons (Fsp3) is 0.250. The number of nitrogens with zero attached hydrogens (tertiary/aromatic N) is 2. The molecule has 0 amide bonds. The highest BCUT2D eigenvalue weighted by atomic mass is 16.4. The van der Waals surface area contributed by atoms with Crippen LogP contribution in [0.5, 0.6) is 0 Å². The van der Waals surface area contributed by atoms with Gasteiger partial charge in [-0.15, -0.1) is 0 Å². The van der Waals surface area contributed by atoms with E-state index in [9.17, 15) is 9.90 Å². The van der Waals surface area contributed by atoms with Gasteiger partial charge in [-0.1, -0.05) is 12.1 Å². The van der Waals surface area contributed by atoms with Crippen molar-refractivity contribution in [3.05, 3.63) is 41.3 Å². The fourth-order valence-electron chi connectivity index (χ4n) is 2.68. The Morgan fingerprint density at radius 3 is 2.57 bits per heavy atom. The second-order valence-corrected chi connectivity index (χ2v) is 5.12. The third-order valence-corrected chi connectivity index (χ3v) is 3.73. The summed E-state index contributed by atoms with van der Waals surface area (Å²) in [6.07, 6.45) is 0. The Balaban J connectivity index is 2.33. The largest absolute Gasteiger partial charge is 0.480 e. The van der Waals surface area contributed by atoms with Crippen molar-refractivity contribution in [1.29, 1.82) is 0 Å². The molecule has 21 heavy (non-hydrogen) atoms. The number of hydrogen-bond acceptors (Lipinski definition) is 3. The highest BCUT2D eigenvalue weighted by Gasteiger charge is 2.21. The monoisotopic (exact) mass is 284 g/mol. The number of rotatable bonds is 3. The van der Waals surface area contributed by atoms with Gasteiger partial charge < -0.3 is 14.1 Å². The van der Waals surface area contributed by atoms with Crippen LogP contribution in [0.25, 0.3) is 22.4 Å². The Hall–Kier alpha value is -2.56. The molecule has 5 nitrogen and oxygen atoms in total. The van der Waals surface area contributed by atoms with Gasteiger partial charge in [0.15, 0.2) is 0 Å². The summed E-state index contributed by atoms with van der Waals surface area (Å²) in [5.41, 5.74) is 3.47. The molecule has 2 aromatic heterocycles. The molecule has 0 saturated carbocycles. The summed E-state index contributed by atoms with van der Waals surface area (Å²) in [6, 6.07) is 7.54. The molecule has 2 heterocycles. The minimum Gasteiger partial charge on any atom is -0.480 e. The number of imidazole rings is 1. The predicted molar refractivity (Wildman–Crippen MR) is 79.3 cm³/mol. The lowest BCUT2D eigenvalue weighted by Gasteiger charge is -2.06. The number of aromatic nitrogens is 2. The smallest absolute Gasteiger partial charge is 0.323 e. The fourth-order valence-corrected chi connectivity index (χ4v) is 2.68. The summed E-state index contributed by atoms with van der Waals surface area (Å²) in [4.78, 5) is 15.8. The maximum Gasteiger partial charge on any atom is 0.323 e. The van der Waals surface area contributed by atoms with Crippen molar-refractivity contribution in [3.8, 4) is 11.4 Å². The summed E-state index contributed by atoms with van der Waals surface area (Å²) < 4.78 is 7.38. The molecule has 0 fully saturated rings. The van der Waals surface area contributed by atoms with Gasteiger partial charge in [0, 0.05) is 5.56 Å². The highest BCUT2D eigenvalue weighted by Crippen LogP contribution is 2.33. The van der Waals surface area contributed by atoms with Crippen LogP contribution < -0.4 is 0 Å². The van der Waals surface area contributed by atoms with Crippen molar-refractivity contribution in [2.45, 2.75) is 27.3 Å². The summed E-state index contributed by atoms with van der Waals surface area (Å²) in [5, 5.41) is 9.19. The van der Waals surface area contributed by atoms with Crippen LogP contribution in [0.4, 0.5) is 0 Å². The van der Waals surface area contributed by atoms with Gasteiger partial charge in [-0.05, 0) is 32.9 Å². The van der Waals surface area contributed by atoms with Crippen molar-refractivity contribution in [1.82, 2.24) is 9.55 Å². The normalized spacial score (nSPS) is 11.2. The first kappa shape index (κ1) is 13.4. The van der Waals surface area contributed by atoms with Crippen molar-refractivity contribution < 1.29 is 14.3 Å². The molecule has 3 rings (SSSR count). The standard InChI is InChI=1S/C16H16N2O3/c1-9-10(2)21-11(3)15(9)16-17-12-6-4-5-7-13(12)18(16)8-14(19)20/h4-7H,8H2,1-3H3,(H,19,20). The van der Waals surface area contributed by atoms with E-state index in [1.54, 1.807) is 4.57 Å². The topological polar surface area (TPSA) is 68.3 Å². The summed E-state index contributed by atoms with van der Waals surface area (Å²) in [5.74, 6) is 1.34. The molecular formula is C16H16N2O3. The first-order valence-electron chi connectivity index (χ1n) is 6.73. The zero-order chi connectivity index (χ0) is 15.1. The summed E-state index contributed by atoms with van der Waals surface area (Å²) >= 11 is 0. The van der Waals surface area contributed by atoms with Crippen LogP contribution in [0.3, 0.4) is 0 Å². The van der Waals surface area contributed by atoms with Gasteiger partial charge in [-0.25, -0.2) is 4.98 Å². The Kier molecular flexibility index (Phi) is 3.05. The minimum atomic E-state index is -0.894. The number of aryl methyl sites for hydroxylation is 2. The third kappa shape index (κ3) is 2.11. The number of furan rings is 1. The summed E-state index contributed by atoms with van der Waals surface area (Å²) in [6.45, 7) is 5.61. The highest BCUT2D eigenvalue weighted by molar-refractivity contribution is 5.83. The molecule has 0 spiro atoms. The molecule has 1 aromatic carbocycles. The van der Waals surface area contributed by atoms with Crippen molar-refractivity contribution in [3.63, 3.8) is 0 Å². The van der Waals surface area contributed by atoms with E-state index in [-0.39, 0.29) is 6.54 Å². The lowest BCUT2D eigenvalue weighted by molar-refractivity contribution is -0.137. The number of hydrogen-bond donors (Lipinski definition) is 1. The van der Waals surface area contributed by atoms with E-state index in [0.717, 1.165) is 33.7 Å². The predicted octanol–water partition coefficient (Wildman–Crippen LogP) is 3.31. The zero-order valence-electron chi connectivity index (χ0n) is 12.2. The second kappa shape index (κ2) is 4.77. The van der Waals surface area contributed by atoms with Gasteiger partial charge in [-0.3, -0.25) is 4.79 Å². The lowest BCUT2D eigenvalue weighted by atomic mass is 10.1. The number of carboxylic acid groups (broad SMARTS) is 1. The Morgan fingerprint density at radius 2 is 1.95 bits per heavy atom. The van der Waals surface area contributed by atoms with Gasteiger partial charge in [0.2, 0.25) is 0 Å². The van der Waals surface area contributed by atoms with E-state index in [1.807, 2.05) is 45.0 Å². The maximum atomic E-state index is 11.2. The van der Waals surface area contributed by atoms with Crippen LogP contribution in [-0.2, 0) is 11.3 Å². The second-order valence-electron chi connectivity index (χ2n) is 5.12. The van der Waals surface area contributed by atoms with Gasteiger partial charge in [0.1, 0.15) is 23.9 Å². The molecule has 0 bridgehead atoms. The van der Waals surface area contributed by atoms with Gasteiger partial charge in [0.25, 0.3) is 0 Å². The van der Waals surface area contributed by atoms with Crippen molar-refractivity contribution >= 4 is 17.0 Å². The quantitative estimate of drug-likeness (QED) is 0.801. The van der Waals surface area contributed by atoms with Crippen LogP contribution in [0.1, 0.15) is 17.1 Å². The van der Waals surface area contributed by atoms with Crippen molar-refractivity contribution in [2.75, 3.05) is 0 Å². The zero-order valence-corrected chi connectivity index (χ0v) is 12.2. The first-order chi connectivity index (χ1) is 9.99. The molecule has 3 aromatic rings.